The van der Waals surface area contributed by atoms with Crippen molar-refractivity contribution in [2.45, 2.75) is 44.8 Å². The molecule has 1 amide bonds. The molecule has 0 radical (unpaired) electrons. The highest BCUT2D eigenvalue weighted by Gasteiger charge is 2.40. The predicted octanol–water partition coefficient (Wildman–Crippen LogP) is 3.28. The molecule has 0 aromatic heterocycles. The van der Waals surface area contributed by atoms with Gasteiger partial charge in [0.25, 0.3) is 0 Å². The van der Waals surface area contributed by atoms with Crippen LogP contribution in [0.1, 0.15) is 32.6 Å². The first-order chi connectivity index (χ1) is 10.9. The Kier molecular flexibility index (Phi) is 4.41. The second kappa shape index (κ2) is 6.34. The van der Waals surface area contributed by atoms with Crippen LogP contribution in [-0.4, -0.2) is 41.9 Å². The van der Waals surface area contributed by atoms with Crippen LogP contribution in [0, 0.1) is 0 Å². The van der Waals surface area contributed by atoms with E-state index < -0.39 is 11.9 Å². The lowest BCUT2D eigenvalue weighted by Gasteiger charge is -2.43. The van der Waals surface area contributed by atoms with Crippen LogP contribution in [0.4, 0.5) is 4.79 Å². The summed E-state index contributed by atoms with van der Waals surface area (Å²) in [6, 6.07) is 9.66. The fourth-order valence-corrected chi connectivity index (χ4v) is 2.75. The molecule has 1 saturated heterocycles. The van der Waals surface area contributed by atoms with E-state index in [2.05, 4.69) is 0 Å². The third kappa shape index (κ3) is 3.74. The summed E-state index contributed by atoms with van der Waals surface area (Å²) in [5.41, 5.74) is 0.463. The van der Waals surface area contributed by atoms with Crippen molar-refractivity contribution in [1.29, 1.82) is 0 Å². The second-order valence-corrected chi connectivity index (χ2v) is 6.80. The standard InChI is InChI=1S/C18H23NO4/c1-18(2,3)23-17(20)19-11-7-10-15-14(19)12-21-16(22-15)13-8-5-4-6-9-13/h4-10,14-16H,11-12H2,1-3H3/t14-,15+,16?/m1/s1. The Bertz CT molecular complexity index is 578. The highest BCUT2D eigenvalue weighted by Crippen LogP contribution is 2.31. The topological polar surface area (TPSA) is 48.0 Å². The normalized spacial score (nSPS) is 27.4. The van der Waals surface area contributed by atoms with Crippen molar-refractivity contribution in [2.75, 3.05) is 13.2 Å². The summed E-state index contributed by atoms with van der Waals surface area (Å²) < 4.78 is 17.3. The van der Waals surface area contributed by atoms with Crippen LogP contribution in [-0.2, 0) is 14.2 Å². The van der Waals surface area contributed by atoms with Crippen LogP contribution in [0.25, 0.3) is 0 Å². The molecule has 0 spiro atoms. The summed E-state index contributed by atoms with van der Waals surface area (Å²) in [5, 5.41) is 0. The number of hydrogen-bond donors (Lipinski definition) is 0. The van der Waals surface area contributed by atoms with E-state index in [1.807, 2.05) is 63.3 Å². The average Bonchev–Trinajstić information content (AvgIpc) is 2.53. The minimum absolute atomic E-state index is 0.158. The summed E-state index contributed by atoms with van der Waals surface area (Å²) in [7, 11) is 0. The Morgan fingerprint density at radius 3 is 2.70 bits per heavy atom. The Balaban J connectivity index is 1.70. The molecule has 5 nitrogen and oxygen atoms in total. The van der Waals surface area contributed by atoms with E-state index in [0.29, 0.717) is 13.2 Å². The predicted molar refractivity (Wildman–Crippen MR) is 85.9 cm³/mol. The zero-order valence-electron chi connectivity index (χ0n) is 13.8. The van der Waals surface area contributed by atoms with Gasteiger partial charge in [0.05, 0.1) is 12.6 Å². The van der Waals surface area contributed by atoms with E-state index in [4.69, 9.17) is 14.2 Å². The van der Waals surface area contributed by atoms with Crippen LogP contribution in [0.5, 0.6) is 0 Å². The van der Waals surface area contributed by atoms with E-state index in [-0.39, 0.29) is 18.2 Å². The molecule has 2 aliphatic heterocycles. The number of carbonyl (C=O) groups is 1. The van der Waals surface area contributed by atoms with Gasteiger partial charge in [0.15, 0.2) is 6.29 Å². The van der Waals surface area contributed by atoms with Crippen molar-refractivity contribution >= 4 is 6.09 Å². The number of hydrogen-bond acceptors (Lipinski definition) is 4. The van der Waals surface area contributed by atoms with Gasteiger partial charge in [-0.2, -0.15) is 0 Å². The van der Waals surface area contributed by atoms with Crippen LogP contribution < -0.4 is 0 Å². The lowest BCUT2D eigenvalue weighted by molar-refractivity contribution is -0.231. The molecule has 0 N–H and O–H groups in total. The molecule has 124 valence electrons. The molecule has 1 aromatic carbocycles. The van der Waals surface area contributed by atoms with Crippen molar-refractivity contribution in [3.8, 4) is 0 Å². The molecule has 5 heteroatoms. The molecule has 23 heavy (non-hydrogen) atoms. The van der Waals surface area contributed by atoms with Gasteiger partial charge in [0, 0.05) is 12.1 Å². The van der Waals surface area contributed by atoms with Gasteiger partial charge < -0.3 is 14.2 Å². The molecule has 0 saturated carbocycles. The largest absolute Gasteiger partial charge is 0.444 e. The van der Waals surface area contributed by atoms with Gasteiger partial charge in [-0.15, -0.1) is 0 Å². The zero-order chi connectivity index (χ0) is 16.4. The Hall–Kier alpha value is -1.85. The minimum Gasteiger partial charge on any atom is -0.444 e. The molecule has 1 unspecified atom stereocenters. The van der Waals surface area contributed by atoms with Gasteiger partial charge in [-0.3, -0.25) is 4.90 Å². The summed E-state index contributed by atoms with van der Waals surface area (Å²) in [6.07, 6.45) is 3.03. The molecule has 1 fully saturated rings. The minimum atomic E-state index is -0.517. The van der Waals surface area contributed by atoms with Crippen molar-refractivity contribution in [2.24, 2.45) is 0 Å². The van der Waals surface area contributed by atoms with Gasteiger partial charge in [-0.25, -0.2) is 4.79 Å². The van der Waals surface area contributed by atoms with E-state index in [1.165, 1.54) is 0 Å². The lowest BCUT2D eigenvalue weighted by Crippen LogP contribution is -2.55. The molecule has 2 aliphatic rings. The highest BCUT2D eigenvalue weighted by atomic mass is 16.7. The van der Waals surface area contributed by atoms with Crippen LogP contribution >= 0.6 is 0 Å². The van der Waals surface area contributed by atoms with E-state index in [1.54, 1.807) is 4.90 Å². The first-order valence-corrected chi connectivity index (χ1v) is 7.92. The van der Waals surface area contributed by atoms with E-state index in [9.17, 15) is 4.79 Å². The van der Waals surface area contributed by atoms with Crippen molar-refractivity contribution < 1.29 is 19.0 Å². The Morgan fingerprint density at radius 1 is 1.26 bits per heavy atom. The van der Waals surface area contributed by atoms with E-state index in [0.717, 1.165) is 5.56 Å². The Morgan fingerprint density at radius 2 is 2.00 bits per heavy atom. The lowest BCUT2D eigenvalue weighted by atomic mass is 10.0. The maximum atomic E-state index is 12.4. The summed E-state index contributed by atoms with van der Waals surface area (Å²) in [6.45, 7) is 6.52. The van der Waals surface area contributed by atoms with Gasteiger partial charge in [0.1, 0.15) is 11.7 Å². The van der Waals surface area contributed by atoms with Gasteiger partial charge >= 0.3 is 6.09 Å². The zero-order valence-corrected chi connectivity index (χ0v) is 13.8. The molecular weight excluding hydrogens is 294 g/mol. The quantitative estimate of drug-likeness (QED) is 0.746. The van der Waals surface area contributed by atoms with Crippen LogP contribution in [0.15, 0.2) is 42.5 Å². The van der Waals surface area contributed by atoms with Gasteiger partial charge in [-0.1, -0.05) is 42.5 Å². The second-order valence-electron chi connectivity index (χ2n) is 6.80. The molecule has 3 atom stereocenters. The van der Waals surface area contributed by atoms with Crippen molar-refractivity contribution in [1.82, 2.24) is 4.90 Å². The van der Waals surface area contributed by atoms with Crippen molar-refractivity contribution in [3.63, 3.8) is 0 Å². The molecule has 0 bridgehead atoms. The van der Waals surface area contributed by atoms with E-state index >= 15 is 0 Å². The number of fused-ring (bicyclic) bond motifs is 1. The summed E-state index contributed by atoms with van der Waals surface area (Å²) >= 11 is 0. The maximum Gasteiger partial charge on any atom is 0.411 e. The fourth-order valence-electron chi connectivity index (χ4n) is 2.75. The van der Waals surface area contributed by atoms with Crippen LogP contribution in [0.3, 0.4) is 0 Å². The number of rotatable bonds is 1. The molecule has 1 aromatic rings. The maximum absolute atomic E-state index is 12.4. The summed E-state index contributed by atoms with van der Waals surface area (Å²) in [5.74, 6) is 0. The Labute approximate surface area is 136 Å². The third-order valence-corrected chi connectivity index (χ3v) is 3.81. The monoisotopic (exact) mass is 317 g/mol. The first kappa shape index (κ1) is 16.0. The van der Waals surface area contributed by atoms with Crippen molar-refractivity contribution in [3.05, 3.63) is 48.0 Å². The first-order valence-electron chi connectivity index (χ1n) is 7.92. The molecule has 2 heterocycles. The molecule has 3 rings (SSSR count). The SMILES string of the molecule is CC(C)(C)OC(=O)N1CC=C[C@@H]2OC(c3ccccc3)OC[C@H]21. The molecular formula is C18H23NO4. The highest BCUT2D eigenvalue weighted by molar-refractivity contribution is 5.69. The number of amides is 1. The average molecular weight is 317 g/mol. The summed E-state index contributed by atoms with van der Waals surface area (Å²) in [4.78, 5) is 14.1. The number of ether oxygens (including phenoxy) is 3. The number of carbonyl (C=O) groups excluding carboxylic acids is 1. The van der Waals surface area contributed by atoms with Gasteiger partial charge in [0.2, 0.25) is 0 Å². The number of benzene rings is 1. The molecule has 0 aliphatic carbocycles. The fraction of sp³-hybridized carbons (Fsp3) is 0.500. The smallest absolute Gasteiger partial charge is 0.411 e. The van der Waals surface area contributed by atoms with Gasteiger partial charge in [-0.05, 0) is 20.8 Å². The third-order valence-electron chi connectivity index (χ3n) is 3.81. The number of nitrogens with zero attached hydrogens (tertiary/aromatic N) is 1. The van der Waals surface area contributed by atoms with Crippen LogP contribution in [0.2, 0.25) is 0 Å².